The zero-order chi connectivity index (χ0) is 27.0. The molecule has 0 fully saturated rings. The molecule has 0 unspecified atom stereocenters. The summed E-state index contributed by atoms with van der Waals surface area (Å²) in [6.07, 6.45) is -2.73. The minimum absolute atomic E-state index is 0.278. The average molecular weight is 537 g/mol. The smallest absolute Gasteiger partial charge is 0.482 e. The summed E-state index contributed by atoms with van der Waals surface area (Å²) < 4.78 is 47.0. The lowest BCUT2D eigenvalue weighted by molar-refractivity contribution is -0.274. The number of thioether (sulfide) groups is 1. The molecule has 0 saturated carbocycles. The normalized spacial score (nSPS) is 11.7. The zero-order valence-electron chi connectivity index (χ0n) is 20.0. The first-order valence-electron chi connectivity index (χ1n) is 11.6. The highest BCUT2D eigenvalue weighted by atomic mass is 32.2. The van der Waals surface area contributed by atoms with Gasteiger partial charge < -0.3 is 14.6 Å². The molecule has 1 N–H and O–H groups in total. The van der Waals surface area contributed by atoms with Crippen LogP contribution in [0.1, 0.15) is 11.1 Å². The van der Waals surface area contributed by atoms with Crippen LogP contribution < -0.4 is 9.47 Å². The van der Waals surface area contributed by atoms with E-state index in [-0.39, 0.29) is 5.75 Å². The third-order valence-corrected chi connectivity index (χ3v) is 6.36. The van der Waals surface area contributed by atoms with Crippen LogP contribution in [0.5, 0.6) is 11.5 Å². The van der Waals surface area contributed by atoms with Crippen LogP contribution in [-0.4, -0.2) is 29.8 Å². The first-order valence-corrected chi connectivity index (χ1v) is 12.5. The molecule has 0 saturated heterocycles. The Hall–Kier alpha value is -4.17. The lowest BCUT2D eigenvalue weighted by atomic mass is 9.95. The number of hydrogen-bond acceptors (Lipinski definition) is 4. The molecule has 0 aliphatic rings. The molecular formula is C30H23F3O4S. The molecule has 0 aliphatic heterocycles. The second-order valence-electron chi connectivity index (χ2n) is 8.10. The van der Waals surface area contributed by atoms with E-state index in [2.05, 4.69) is 4.74 Å². The van der Waals surface area contributed by atoms with Gasteiger partial charge in [-0.05, 0) is 64.2 Å². The van der Waals surface area contributed by atoms with Crippen LogP contribution in [-0.2, 0) is 4.79 Å². The lowest BCUT2D eigenvalue weighted by Gasteiger charge is -2.13. The van der Waals surface area contributed by atoms with E-state index in [0.29, 0.717) is 11.5 Å². The topological polar surface area (TPSA) is 55.8 Å². The Kier molecular flexibility index (Phi) is 8.76. The number of hydrogen-bond donors (Lipinski definition) is 1. The van der Waals surface area contributed by atoms with Gasteiger partial charge in [0.2, 0.25) is 0 Å². The van der Waals surface area contributed by atoms with Crippen LogP contribution in [0.3, 0.4) is 0 Å². The summed E-state index contributed by atoms with van der Waals surface area (Å²) in [6, 6.07) is 30.9. The van der Waals surface area contributed by atoms with Crippen molar-refractivity contribution in [1.29, 1.82) is 0 Å². The summed E-state index contributed by atoms with van der Waals surface area (Å²) in [4.78, 5) is 11.6. The van der Waals surface area contributed by atoms with Crippen molar-refractivity contribution in [2.75, 3.05) is 12.4 Å². The Morgan fingerprint density at radius 1 is 0.763 bits per heavy atom. The highest BCUT2D eigenvalue weighted by Gasteiger charge is 2.31. The number of carbonyl (C=O) groups is 1. The van der Waals surface area contributed by atoms with Gasteiger partial charge in [-0.1, -0.05) is 72.8 Å². The molecule has 4 aromatic carbocycles. The first kappa shape index (κ1) is 26.9. The highest BCUT2D eigenvalue weighted by Crippen LogP contribution is 2.31. The molecule has 8 heteroatoms. The number of rotatable bonds is 10. The molecule has 0 bridgehead atoms. The molecule has 0 aromatic heterocycles. The lowest BCUT2D eigenvalue weighted by Crippen LogP contribution is -2.17. The number of benzene rings is 4. The summed E-state index contributed by atoms with van der Waals surface area (Å²) in [5, 5.41) is 8.73. The van der Waals surface area contributed by atoms with Gasteiger partial charge in [0.1, 0.15) is 11.5 Å². The number of halogens is 3. The summed E-state index contributed by atoms with van der Waals surface area (Å²) in [6.45, 7) is -0.408. The van der Waals surface area contributed by atoms with Gasteiger partial charge >= 0.3 is 12.3 Å². The molecule has 4 aromatic rings. The van der Waals surface area contributed by atoms with E-state index in [9.17, 15) is 18.0 Å². The summed E-state index contributed by atoms with van der Waals surface area (Å²) in [5.74, 6) is -0.269. The molecule has 4 rings (SSSR count). The Balaban J connectivity index is 1.55. The van der Waals surface area contributed by atoms with Gasteiger partial charge in [0.15, 0.2) is 6.61 Å². The van der Waals surface area contributed by atoms with Gasteiger partial charge in [-0.15, -0.1) is 24.9 Å². The highest BCUT2D eigenvalue weighted by molar-refractivity contribution is 7.99. The fourth-order valence-corrected chi connectivity index (χ4v) is 4.48. The summed E-state index contributed by atoms with van der Waals surface area (Å²) >= 11 is 1.56. The Bertz CT molecular complexity index is 1370. The van der Waals surface area contributed by atoms with Crippen LogP contribution in [0.4, 0.5) is 13.2 Å². The third kappa shape index (κ3) is 7.91. The first-order chi connectivity index (χ1) is 18.3. The summed E-state index contributed by atoms with van der Waals surface area (Å²) in [5.41, 5.74) is 4.70. The minimum atomic E-state index is -4.75. The molecule has 0 atom stereocenters. The maximum Gasteiger partial charge on any atom is 0.573 e. The Morgan fingerprint density at radius 3 is 1.89 bits per heavy atom. The standard InChI is InChI=1S/C30H23F3O4S/c31-30(32,33)37-26-12-10-24(11-13-26)28(23-8-6-22(7-9-23)21-4-2-1-3-5-21)18-19-38-27-16-14-25(15-17-27)36-20-29(34)35/h1-18H,19-20H2,(H,34,35). The minimum Gasteiger partial charge on any atom is -0.482 e. The van der Waals surface area contributed by atoms with Crippen molar-refractivity contribution >= 4 is 23.3 Å². The van der Waals surface area contributed by atoms with E-state index in [4.69, 9.17) is 9.84 Å². The van der Waals surface area contributed by atoms with Gasteiger partial charge in [-0.3, -0.25) is 0 Å². The SMILES string of the molecule is O=C(O)COc1ccc(SCC=C(c2ccc(OC(F)(F)F)cc2)c2ccc(-c3ccccc3)cc2)cc1. The molecule has 0 heterocycles. The van der Waals surface area contributed by atoms with Crippen LogP contribution in [0.15, 0.2) is 114 Å². The summed E-state index contributed by atoms with van der Waals surface area (Å²) in [7, 11) is 0. The van der Waals surface area contributed by atoms with Gasteiger partial charge in [0, 0.05) is 10.6 Å². The molecule has 4 nitrogen and oxygen atoms in total. The van der Waals surface area contributed by atoms with Crippen molar-refractivity contribution < 1.29 is 32.5 Å². The molecule has 194 valence electrons. The fraction of sp³-hybridized carbons (Fsp3) is 0.100. The largest absolute Gasteiger partial charge is 0.573 e. The van der Waals surface area contributed by atoms with Crippen molar-refractivity contribution in [3.05, 3.63) is 120 Å². The predicted octanol–water partition coefficient (Wildman–Crippen LogP) is 7.94. The van der Waals surface area contributed by atoms with Crippen LogP contribution in [0, 0.1) is 0 Å². The van der Waals surface area contributed by atoms with Gasteiger partial charge in [-0.25, -0.2) is 4.79 Å². The molecule has 0 spiro atoms. The van der Waals surface area contributed by atoms with Crippen LogP contribution in [0.25, 0.3) is 16.7 Å². The monoisotopic (exact) mass is 536 g/mol. The van der Waals surface area contributed by atoms with E-state index in [1.807, 2.05) is 72.8 Å². The third-order valence-electron chi connectivity index (χ3n) is 5.43. The predicted molar refractivity (Wildman–Crippen MR) is 142 cm³/mol. The number of ether oxygens (including phenoxy) is 2. The average Bonchev–Trinajstić information content (AvgIpc) is 2.91. The fourth-order valence-electron chi connectivity index (χ4n) is 3.71. The maximum absolute atomic E-state index is 12.6. The van der Waals surface area contributed by atoms with E-state index >= 15 is 0 Å². The molecule has 0 aliphatic carbocycles. The van der Waals surface area contributed by atoms with Gasteiger partial charge in [0.05, 0.1) is 0 Å². The number of alkyl halides is 3. The van der Waals surface area contributed by atoms with Crippen molar-refractivity contribution in [3.63, 3.8) is 0 Å². The number of aliphatic carboxylic acids is 1. The quantitative estimate of drug-likeness (QED) is 0.209. The van der Waals surface area contributed by atoms with Gasteiger partial charge in [0.25, 0.3) is 0 Å². The van der Waals surface area contributed by atoms with Crippen molar-refractivity contribution in [1.82, 2.24) is 0 Å². The molecule has 0 amide bonds. The second kappa shape index (κ2) is 12.4. The Labute approximate surface area is 222 Å². The van der Waals surface area contributed by atoms with E-state index in [1.165, 1.54) is 12.1 Å². The van der Waals surface area contributed by atoms with Crippen molar-refractivity contribution in [2.24, 2.45) is 0 Å². The van der Waals surface area contributed by atoms with Crippen molar-refractivity contribution in [3.8, 4) is 22.6 Å². The van der Waals surface area contributed by atoms with E-state index in [1.54, 1.807) is 36.0 Å². The Morgan fingerprint density at radius 2 is 1.32 bits per heavy atom. The zero-order valence-corrected chi connectivity index (χ0v) is 20.8. The number of carboxylic acid groups (broad SMARTS) is 1. The molecular weight excluding hydrogens is 513 g/mol. The van der Waals surface area contributed by atoms with E-state index < -0.39 is 18.9 Å². The van der Waals surface area contributed by atoms with E-state index in [0.717, 1.165) is 32.7 Å². The maximum atomic E-state index is 12.6. The van der Waals surface area contributed by atoms with Gasteiger partial charge in [-0.2, -0.15) is 0 Å². The van der Waals surface area contributed by atoms with Crippen LogP contribution >= 0.6 is 11.8 Å². The second-order valence-corrected chi connectivity index (χ2v) is 9.19. The van der Waals surface area contributed by atoms with Crippen molar-refractivity contribution in [2.45, 2.75) is 11.3 Å². The number of carboxylic acids is 1. The van der Waals surface area contributed by atoms with Crippen LogP contribution in [0.2, 0.25) is 0 Å². The molecule has 0 radical (unpaired) electrons. The molecule has 38 heavy (non-hydrogen) atoms.